The van der Waals surface area contributed by atoms with Crippen LogP contribution in [0.2, 0.25) is 0 Å². The van der Waals surface area contributed by atoms with E-state index in [1.165, 1.54) is 0 Å². The van der Waals surface area contributed by atoms with Gasteiger partial charge in [-0.15, -0.1) is 0 Å². The highest BCUT2D eigenvalue weighted by atomic mass is 19.0. The first-order valence-electron chi connectivity index (χ1n) is 0.775. The molecule has 6 heavy (non-hydrogen) atoms. The highest BCUT2D eigenvalue weighted by Gasteiger charge is 1.92. The summed E-state index contributed by atoms with van der Waals surface area (Å²) >= 11 is 0. The van der Waals surface area contributed by atoms with Crippen LogP contribution in [0.5, 0.6) is 0 Å². The van der Waals surface area contributed by atoms with Crippen LogP contribution in [0.15, 0.2) is 0 Å². The SMILES string of the molecule is F.O.OB(O)O. The van der Waals surface area contributed by atoms with Gasteiger partial charge in [-0.3, -0.25) is 4.70 Å². The predicted octanol–water partition coefficient (Wildman–Crippen LogP) is -2.72. The Morgan fingerprint density at radius 2 is 1.00 bits per heavy atom. The van der Waals surface area contributed by atoms with Gasteiger partial charge in [0.15, 0.2) is 0 Å². The van der Waals surface area contributed by atoms with Gasteiger partial charge in [0, 0.05) is 0 Å². The molecule has 0 amide bonds. The van der Waals surface area contributed by atoms with E-state index in [1.54, 1.807) is 0 Å². The molecule has 0 heterocycles. The van der Waals surface area contributed by atoms with Crippen molar-refractivity contribution in [3.63, 3.8) is 0 Å². The van der Waals surface area contributed by atoms with Crippen LogP contribution in [0.25, 0.3) is 0 Å². The van der Waals surface area contributed by atoms with E-state index in [1.807, 2.05) is 0 Å². The van der Waals surface area contributed by atoms with Gasteiger partial charge in [-0.05, 0) is 0 Å². The summed E-state index contributed by atoms with van der Waals surface area (Å²) in [5.74, 6) is 0. The van der Waals surface area contributed by atoms with E-state index in [0.29, 0.717) is 0 Å². The van der Waals surface area contributed by atoms with Crippen molar-refractivity contribution in [1.82, 2.24) is 0 Å². The molecule has 6 heteroatoms. The average Bonchev–Trinajstić information content (AvgIpc) is 0.811. The van der Waals surface area contributed by atoms with Crippen LogP contribution < -0.4 is 0 Å². The molecule has 0 aromatic heterocycles. The Morgan fingerprint density at radius 3 is 1.00 bits per heavy atom. The zero-order valence-corrected chi connectivity index (χ0v) is 2.83. The maximum Gasteiger partial charge on any atom is 0.631 e. The molecule has 40 valence electrons. The molecule has 0 atom stereocenters. The second-order valence-corrected chi connectivity index (χ2v) is 0.346. The highest BCUT2D eigenvalue weighted by molar-refractivity contribution is 6.30. The summed E-state index contributed by atoms with van der Waals surface area (Å²) in [7, 11) is -2.17. The second-order valence-electron chi connectivity index (χ2n) is 0.346. The Hall–Kier alpha value is -0.165. The van der Waals surface area contributed by atoms with Gasteiger partial charge in [0.25, 0.3) is 0 Å². The lowest BCUT2D eigenvalue weighted by atomic mass is 10.3. The summed E-state index contributed by atoms with van der Waals surface area (Å²) < 4.78 is 0. The van der Waals surface area contributed by atoms with E-state index in [-0.39, 0.29) is 10.2 Å². The first kappa shape index (κ1) is 17.0. The summed E-state index contributed by atoms with van der Waals surface area (Å²) in [6, 6.07) is 0. The monoisotopic (exact) mass is 100 g/mol. The van der Waals surface area contributed by atoms with E-state index in [4.69, 9.17) is 15.1 Å². The van der Waals surface area contributed by atoms with Crippen LogP contribution in [-0.2, 0) is 0 Å². The molecule has 0 aromatic rings. The van der Waals surface area contributed by atoms with E-state index in [2.05, 4.69) is 0 Å². The normalized spacial score (nSPS) is 4.50. The second kappa shape index (κ2) is 8.85. The molecule has 0 bridgehead atoms. The van der Waals surface area contributed by atoms with Gasteiger partial charge in [-0.2, -0.15) is 0 Å². The zero-order valence-electron chi connectivity index (χ0n) is 2.83. The molecule has 0 unspecified atom stereocenters. The maximum atomic E-state index is 7.17. The third kappa shape index (κ3) is 1130. The Kier molecular flexibility index (Phi) is 25.0. The summed E-state index contributed by atoms with van der Waals surface area (Å²) in [5.41, 5.74) is 0. The summed E-state index contributed by atoms with van der Waals surface area (Å²) in [6.45, 7) is 0. The van der Waals surface area contributed by atoms with Crippen molar-refractivity contribution in [2.75, 3.05) is 0 Å². The molecule has 0 aliphatic rings. The fourth-order valence-electron chi connectivity index (χ4n) is 0. The minimum atomic E-state index is -2.17. The molecular formula is H6BFO4. The first-order chi connectivity index (χ1) is 1.73. The number of halogens is 1. The number of rotatable bonds is 0. The van der Waals surface area contributed by atoms with Crippen LogP contribution in [0.3, 0.4) is 0 Å². The summed E-state index contributed by atoms with van der Waals surface area (Å²) in [4.78, 5) is 0. The minimum absolute atomic E-state index is 0. The molecule has 0 saturated heterocycles. The first-order valence-corrected chi connectivity index (χ1v) is 0.775. The Bertz CT molecular complexity index is 12.3. The van der Waals surface area contributed by atoms with E-state index < -0.39 is 7.32 Å². The fraction of sp³-hybridized carbons (Fsp3) is 0. The molecule has 0 aliphatic carbocycles. The molecule has 0 saturated carbocycles. The van der Waals surface area contributed by atoms with Crippen LogP contribution in [0.1, 0.15) is 0 Å². The maximum absolute atomic E-state index is 7.17. The van der Waals surface area contributed by atoms with Crippen LogP contribution >= 0.6 is 0 Å². The van der Waals surface area contributed by atoms with E-state index in [9.17, 15) is 0 Å². The van der Waals surface area contributed by atoms with Crippen molar-refractivity contribution in [3.8, 4) is 0 Å². The van der Waals surface area contributed by atoms with Gasteiger partial charge in [-0.1, -0.05) is 0 Å². The molecule has 0 fully saturated rings. The molecule has 0 aromatic carbocycles. The lowest BCUT2D eigenvalue weighted by Gasteiger charge is -1.69. The average molecular weight is 99.9 g/mol. The zero-order chi connectivity index (χ0) is 3.58. The van der Waals surface area contributed by atoms with Gasteiger partial charge in [-0.25, -0.2) is 0 Å². The van der Waals surface area contributed by atoms with Gasteiger partial charge >= 0.3 is 7.32 Å². The van der Waals surface area contributed by atoms with Gasteiger partial charge in [0.1, 0.15) is 0 Å². The number of hydrogen-bond donors (Lipinski definition) is 3. The van der Waals surface area contributed by atoms with Gasteiger partial charge < -0.3 is 20.5 Å². The van der Waals surface area contributed by atoms with Crippen molar-refractivity contribution in [1.29, 1.82) is 0 Å². The Morgan fingerprint density at radius 1 is 1.00 bits per heavy atom. The van der Waals surface area contributed by atoms with Crippen LogP contribution in [0, 0.1) is 0 Å². The van der Waals surface area contributed by atoms with Crippen molar-refractivity contribution >= 4 is 7.32 Å². The quantitative estimate of drug-likeness (QED) is 0.288. The highest BCUT2D eigenvalue weighted by Crippen LogP contribution is 1.40. The topological polar surface area (TPSA) is 92.2 Å². The summed E-state index contributed by atoms with van der Waals surface area (Å²) in [6.07, 6.45) is 0. The number of hydrogen-bond acceptors (Lipinski definition) is 3. The minimum Gasteiger partial charge on any atom is -0.412 e. The van der Waals surface area contributed by atoms with Crippen molar-refractivity contribution in [2.45, 2.75) is 0 Å². The lowest BCUT2D eigenvalue weighted by molar-refractivity contribution is 0.278. The predicted molar refractivity (Wildman–Crippen MR) is 18.5 cm³/mol. The van der Waals surface area contributed by atoms with Crippen LogP contribution in [0.4, 0.5) is 4.70 Å². The van der Waals surface area contributed by atoms with Crippen molar-refractivity contribution < 1.29 is 25.3 Å². The lowest BCUT2D eigenvalue weighted by Crippen LogP contribution is -2.07. The van der Waals surface area contributed by atoms with E-state index in [0.717, 1.165) is 0 Å². The van der Waals surface area contributed by atoms with E-state index >= 15 is 0 Å². The van der Waals surface area contributed by atoms with Crippen molar-refractivity contribution in [3.05, 3.63) is 0 Å². The molecule has 0 radical (unpaired) electrons. The van der Waals surface area contributed by atoms with Gasteiger partial charge in [0.05, 0.1) is 0 Å². The molecule has 0 spiro atoms. The third-order valence-electron chi connectivity index (χ3n) is 0. The molecule has 0 aliphatic heterocycles. The summed E-state index contributed by atoms with van der Waals surface area (Å²) in [5, 5.41) is 21.5. The van der Waals surface area contributed by atoms with Crippen molar-refractivity contribution in [2.24, 2.45) is 0 Å². The fourth-order valence-corrected chi connectivity index (χ4v) is 0. The molecule has 0 rings (SSSR count). The third-order valence-corrected chi connectivity index (χ3v) is 0. The largest absolute Gasteiger partial charge is 0.631 e. The molecule has 5 N–H and O–H groups in total. The molecular weight excluding hydrogens is 93.8 g/mol. The Labute approximate surface area is 33.9 Å². The van der Waals surface area contributed by atoms with Crippen LogP contribution in [-0.4, -0.2) is 27.9 Å². The molecule has 4 nitrogen and oxygen atoms in total. The Balaban J connectivity index is -0.0000000450. The van der Waals surface area contributed by atoms with Gasteiger partial charge in [0.2, 0.25) is 0 Å². The standard InChI is InChI=1S/BH3O3.FH.H2O/c2-1(3)4;;/h2-4H;1H;1H2. The smallest absolute Gasteiger partial charge is 0.412 e.